The summed E-state index contributed by atoms with van der Waals surface area (Å²) in [6, 6.07) is 19.1. The van der Waals surface area contributed by atoms with Crippen molar-refractivity contribution in [1.29, 1.82) is 0 Å². The summed E-state index contributed by atoms with van der Waals surface area (Å²) in [7, 11) is 0. The maximum atomic E-state index is 14.2. The van der Waals surface area contributed by atoms with E-state index in [2.05, 4.69) is 16.0 Å². The van der Waals surface area contributed by atoms with Gasteiger partial charge < -0.3 is 20.9 Å². The number of hydrogen-bond donors (Lipinski definition) is 3. The Morgan fingerprint density at radius 2 is 1.38 bits per heavy atom. The Morgan fingerprint density at radius 3 is 1.94 bits per heavy atom. The van der Waals surface area contributed by atoms with E-state index in [0.717, 1.165) is 16.0 Å². The minimum absolute atomic E-state index is 0.00563. The van der Waals surface area contributed by atoms with Gasteiger partial charge in [-0.3, -0.25) is 43.8 Å². The lowest BCUT2D eigenvalue weighted by atomic mass is 9.99. The molecule has 0 aliphatic carbocycles. The van der Waals surface area contributed by atoms with Crippen molar-refractivity contribution in [3.8, 4) is 0 Å². The van der Waals surface area contributed by atoms with Gasteiger partial charge in [0.25, 0.3) is 5.69 Å². The number of carbonyl (C=O) groups excluding carboxylic acids is 6. The summed E-state index contributed by atoms with van der Waals surface area (Å²) in [4.78, 5) is 93.9. The van der Waals surface area contributed by atoms with Crippen LogP contribution in [0.3, 0.4) is 0 Å². The smallest absolute Gasteiger partial charge is 0.269 e. The van der Waals surface area contributed by atoms with Crippen molar-refractivity contribution in [3.63, 3.8) is 0 Å². The van der Waals surface area contributed by atoms with E-state index in [4.69, 9.17) is 0 Å². The van der Waals surface area contributed by atoms with E-state index >= 15 is 0 Å². The molecule has 0 aromatic heterocycles. The average Bonchev–Trinajstić information content (AvgIpc) is 3.76. The van der Waals surface area contributed by atoms with E-state index in [-0.39, 0.29) is 37.9 Å². The van der Waals surface area contributed by atoms with E-state index in [1.807, 2.05) is 24.3 Å². The predicted molar refractivity (Wildman–Crippen MR) is 190 cm³/mol. The van der Waals surface area contributed by atoms with E-state index in [1.54, 1.807) is 50.2 Å². The molecule has 0 unspecified atom stereocenters. The van der Waals surface area contributed by atoms with Crippen LogP contribution >= 0.6 is 0 Å². The van der Waals surface area contributed by atoms with E-state index < -0.39 is 70.5 Å². The number of carbonyl (C=O) groups is 6. The summed E-state index contributed by atoms with van der Waals surface area (Å²) in [5.74, 6) is -3.56. The molecule has 4 atom stereocenters. The lowest BCUT2D eigenvalue weighted by Crippen LogP contribution is -2.59. The fourth-order valence-corrected chi connectivity index (χ4v) is 6.55. The van der Waals surface area contributed by atoms with Crippen molar-refractivity contribution in [2.45, 2.75) is 76.5 Å². The number of hydrogen-bond acceptors (Lipinski definition) is 8. The minimum Gasteiger partial charge on any atom is -0.342 e. The molecule has 2 aliphatic rings. The third-order valence-corrected chi connectivity index (χ3v) is 9.31. The lowest BCUT2D eigenvalue weighted by Gasteiger charge is -2.33. The highest BCUT2D eigenvalue weighted by Crippen LogP contribution is 2.23. The molecular formula is C38H42N6O8. The van der Waals surface area contributed by atoms with Crippen molar-refractivity contribution >= 4 is 46.8 Å². The van der Waals surface area contributed by atoms with Gasteiger partial charge >= 0.3 is 0 Å². The van der Waals surface area contributed by atoms with Gasteiger partial charge in [0.1, 0.15) is 24.2 Å². The number of nitro groups is 1. The first-order chi connectivity index (χ1) is 24.9. The van der Waals surface area contributed by atoms with Crippen molar-refractivity contribution in [2.75, 3.05) is 11.9 Å². The summed E-state index contributed by atoms with van der Waals surface area (Å²) >= 11 is 0. The molecule has 2 fully saturated rings. The third-order valence-electron chi connectivity index (χ3n) is 9.31. The molecule has 0 spiro atoms. The maximum Gasteiger partial charge on any atom is 0.269 e. The standard InChI is InChI=1S/C38H42N6O8/c1-24(2)34(41-37(49)31(23-26-12-7-4-8-13-26)43-32(45)19-20-33(43)46)38(50)42-21-9-14-30(42)36(48)40-29(22-25-10-5-3-6-11-25)35(47)39-27-15-17-28(18-16-27)44(51)52/h3-8,10-13,15-18,24,29-31,34H,9,14,19-23H2,1-2H3,(H,39,47)(H,40,48)(H,41,49)/t29-,30-,31-,34-/m0/s1. The molecule has 52 heavy (non-hydrogen) atoms. The molecule has 3 N–H and O–H groups in total. The van der Waals surface area contributed by atoms with Gasteiger partial charge in [-0.2, -0.15) is 0 Å². The summed E-state index contributed by atoms with van der Waals surface area (Å²) in [5.41, 5.74) is 1.67. The zero-order valence-electron chi connectivity index (χ0n) is 29.0. The molecule has 14 nitrogen and oxygen atoms in total. The molecule has 2 heterocycles. The van der Waals surface area contributed by atoms with Gasteiger partial charge in [0.2, 0.25) is 35.4 Å². The zero-order valence-corrected chi connectivity index (χ0v) is 29.0. The molecule has 5 rings (SSSR count). The number of benzene rings is 3. The van der Waals surface area contributed by atoms with Crippen LogP contribution in [-0.2, 0) is 41.6 Å². The summed E-state index contributed by atoms with van der Waals surface area (Å²) in [5, 5.41) is 19.4. The van der Waals surface area contributed by atoms with Crippen LogP contribution in [0, 0.1) is 16.0 Å². The van der Waals surface area contributed by atoms with Crippen LogP contribution in [0.15, 0.2) is 84.9 Å². The Labute approximate surface area is 301 Å². The van der Waals surface area contributed by atoms with Gasteiger partial charge in [-0.15, -0.1) is 0 Å². The van der Waals surface area contributed by atoms with Crippen LogP contribution in [0.1, 0.15) is 50.7 Å². The monoisotopic (exact) mass is 710 g/mol. The summed E-state index contributed by atoms with van der Waals surface area (Å²) < 4.78 is 0. The Kier molecular flexibility index (Phi) is 12.1. The van der Waals surface area contributed by atoms with Gasteiger partial charge in [-0.1, -0.05) is 74.5 Å². The first-order valence-electron chi connectivity index (χ1n) is 17.3. The molecule has 272 valence electrons. The Morgan fingerprint density at radius 1 is 0.808 bits per heavy atom. The van der Waals surface area contributed by atoms with Crippen molar-refractivity contribution in [1.82, 2.24) is 20.4 Å². The molecule has 2 aliphatic heterocycles. The topological polar surface area (TPSA) is 188 Å². The third kappa shape index (κ3) is 9.05. The van der Waals surface area contributed by atoms with Crippen molar-refractivity contribution in [3.05, 3.63) is 106 Å². The number of non-ortho nitro benzene ring substituents is 1. The first kappa shape index (κ1) is 37.3. The molecular weight excluding hydrogens is 668 g/mol. The van der Waals surface area contributed by atoms with Crippen LogP contribution < -0.4 is 16.0 Å². The zero-order chi connectivity index (χ0) is 37.4. The number of rotatable bonds is 14. The van der Waals surface area contributed by atoms with E-state index in [1.165, 1.54) is 29.2 Å². The summed E-state index contributed by atoms with van der Waals surface area (Å²) in [6.45, 7) is 3.75. The fourth-order valence-electron chi connectivity index (χ4n) is 6.55. The number of nitrogens with one attached hydrogen (secondary N) is 3. The van der Waals surface area contributed by atoms with Crippen molar-refractivity contribution < 1.29 is 33.7 Å². The molecule has 2 saturated heterocycles. The number of imide groups is 1. The van der Waals surface area contributed by atoms with Crippen molar-refractivity contribution in [2.24, 2.45) is 5.92 Å². The molecule has 0 radical (unpaired) electrons. The molecule has 6 amide bonds. The number of nitro benzene ring substituents is 1. The van der Waals surface area contributed by atoms with Crippen LogP contribution in [0.25, 0.3) is 0 Å². The Bertz CT molecular complexity index is 1780. The number of anilines is 1. The first-order valence-corrected chi connectivity index (χ1v) is 17.3. The average molecular weight is 711 g/mol. The largest absolute Gasteiger partial charge is 0.342 e. The number of amides is 6. The second kappa shape index (κ2) is 16.9. The Balaban J connectivity index is 1.32. The molecule has 3 aromatic rings. The van der Waals surface area contributed by atoms with Crippen LogP contribution in [-0.4, -0.2) is 80.9 Å². The highest BCUT2D eigenvalue weighted by Gasteiger charge is 2.43. The van der Waals surface area contributed by atoms with Crippen LogP contribution in [0.2, 0.25) is 0 Å². The van der Waals surface area contributed by atoms with Gasteiger partial charge in [-0.25, -0.2) is 0 Å². The quantitative estimate of drug-likeness (QED) is 0.129. The van der Waals surface area contributed by atoms with Crippen LogP contribution in [0.5, 0.6) is 0 Å². The highest BCUT2D eigenvalue weighted by molar-refractivity contribution is 6.06. The lowest BCUT2D eigenvalue weighted by molar-refractivity contribution is -0.384. The fraction of sp³-hybridized carbons (Fsp3) is 0.368. The SMILES string of the molecule is CC(C)[C@H](NC(=O)[C@H](Cc1ccccc1)N1C(=O)CCC1=O)C(=O)N1CCC[C@H]1C(=O)N[C@@H](Cc1ccccc1)C(=O)Nc1ccc([N+](=O)[O-])cc1. The van der Waals surface area contributed by atoms with Gasteiger partial charge in [0.15, 0.2) is 0 Å². The van der Waals surface area contributed by atoms with Crippen LogP contribution in [0.4, 0.5) is 11.4 Å². The number of nitrogens with zero attached hydrogens (tertiary/aromatic N) is 3. The second-order valence-electron chi connectivity index (χ2n) is 13.3. The van der Waals surface area contributed by atoms with Gasteiger partial charge in [0, 0.05) is 50.0 Å². The Hall–Kier alpha value is -5.92. The normalized spacial score (nSPS) is 17.4. The van der Waals surface area contributed by atoms with E-state index in [9.17, 15) is 38.9 Å². The minimum atomic E-state index is -1.16. The molecule has 0 bridgehead atoms. The predicted octanol–water partition coefficient (Wildman–Crippen LogP) is 3.15. The second-order valence-corrected chi connectivity index (χ2v) is 13.3. The number of likely N-dealkylation sites (tertiary alicyclic amines) is 2. The molecule has 0 saturated carbocycles. The van der Waals surface area contributed by atoms with E-state index in [0.29, 0.717) is 18.5 Å². The van der Waals surface area contributed by atoms with Gasteiger partial charge in [0.05, 0.1) is 4.92 Å². The summed E-state index contributed by atoms with van der Waals surface area (Å²) in [6.07, 6.45) is 1.05. The molecule has 14 heteroatoms. The maximum absolute atomic E-state index is 14.2. The highest BCUT2D eigenvalue weighted by atomic mass is 16.6. The molecule has 3 aromatic carbocycles. The van der Waals surface area contributed by atoms with Gasteiger partial charge in [-0.05, 0) is 42.0 Å².